The first kappa shape index (κ1) is 21.6. The van der Waals surface area contributed by atoms with Gasteiger partial charge in [0.05, 0.1) is 16.4 Å². The lowest BCUT2D eigenvalue weighted by molar-refractivity contribution is -0.117. The maximum absolute atomic E-state index is 12.6. The predicted molar refractivity (Wildman–Crippen MR) is 127 cm³/mol. The minimum Gasteiger partial charge on any atom is -0.326 e. The second-order valence-corrected chi connectivity index (χ2v) is 10.3. The van der Waals surface area contributed by atoms with Gasteiger partial charge in [0.25, 0.3) is 5.56 Å². The second-order valence-electron chi connectivity index (χ2n) is 7.76. The number of anilines is 2. The standard InChI is InChI=1S/C22H24N4O3S2/c1-11-12(2)31-22-18(11)21(29)25-17(26-22)10-30-13(3)19(27)23-15-5-4-6-16(9-15)24-20(28)14-7-8-14/h4-6,9,13-14H,7-8,10H2,1-3H3,(H,23,27)(H,24,28)(H,25,26,29). The Bertz CT molecular complexity index is 1210. The fourth-order valence-corrected chi connectivity index (χ4v) is 4.96. The molecule has 7 nitrogen and oxygen atoms in total. The zero-order valence-corrected chi connectivity index (χ0v) is 19.2. The van der Waals surface area contributed by atoms with E-state index in [2.05, 4.69) is 20.6 Å². The van der Waals surface area contributed by atoms with Crippen molar-refractivity contribution < 1.29 is 9.59 Å². The van der Waals surface area contributed by atoms with Crippen LogP contribution in [0.1, 0.15) is 36.0 Å². The minimum atomic E-state index is -0.350. The molecule has 1 aromatic carbocycles. The summed E-state index contributed by atoms with van der Waals surface area (Å²) < 4.78 is 0. The highest BCUT2D eigenvalue weighted by atomic mass is 32.2. The van der Waals surface area contributed by atoms with E-state index in [9.17, 15) is 14.4 Å². The quantitative estimate of drug-likeness (QED) is 0.494. The van der Waals surface area contributed by atoms with Crippen LogP contribution in [0.25, 0.3) is 10.2 Å². The number of amides is 2. The van der Waals surface area contributed by atoms with Gasteiger partial charge in [-0.1, -0.05) is 6.07 Å². The van der Waals surface area contributed by atoms with Gasteiger partial charge in [-0.15, -0.1) is 23.1 Å². The summed E-state index contributed by atoms with van der Waals surface area (Å²) >= 11 is 2.91. The number of hydrogen-bond acceptors (Lipinski definition) is 6. The van der Waals surface area contributed by atoms with Crippen LogP contribution in [0, 0.1) is 19.8 Å². The molecule has 2 amide bonds. The number of hydrogen-bond donors (Lipinski definition) is 3. The molecular formula is C22H24N4O3S2. The fourth-order valence-electron chi connectivity index (χ4n) is 3.16. The summed E-state index contributed by atoms with van der Waals surface area (Å²) in [4.78, 5) is 46.1. The lowest BCUT2D eigenvalue weighted by Gasteiger charge is -2.13. The molecule has 0 radical (unpaired) electrons. The SMILES string of the molecule is Cc1sc2nc(CSC(C)C(=O)Nc3cccc(NC(=O)C4CC4)c3)[nH]c(=O)c2c1C. The number of aromatic nitrogens is 2. The van der Waals surface area contributed by atoms with E-state index in [4.69, 9.17) is 0 Å². The number of carbonyl (C=O) groups excluding carboxylic acids is 2. The van der Waals surface area contributed by atoms with Crippen LogP contribution in [-0.4, -0.2) is 27.0 Å². The molecular weight excluding hydrogens is 432 g/mol. The van der Waals surface area contributed by atoms with Gasteiger partial charge in [-0.25, -0.2) is 4.98 Å². The van der Waals surface area contributed by atoms with Gasteiger partial charge in [0.1, 0.15) is 10.7 Å². The van der Waals surface area contributed by atoms with E-state index in [1.807, 2.05) is 20.8 Å². The van der Waals surface area contributed by atoms with Crippen molar-refractivity contribution in [2.24, 2.45) is 5.92 Å². The first-order chi connectivity index (χ1) is 14.8. The molecule has 3 aromatic rings. The number of thiophene rings is 1. The predicted octanol–water partition coefficient (Wildman–Crippen LogP) is 4.21. The molecule has 1 unspecified atom stereocenters. The fraction of sp³-hybridized carbons (Fsp3) is 0.364. The van der Waals surface area contributed by atoms with Crippen LogP contribution in [0.5, 0.6) is 0 Å². The summed E-state index contributed by atoms with van der Waals surface area (Å²) in [6, 6.07) is 7.14. The van der Waals surface area contributed by atoms with Crippen molar-refractivity contribution in [3.8, 4) is 0 Å². The normalized spacial score (nSPS) is 14.4. The van der Waals surface area contributed by atoms with Gasteiger partial charge in [-0.3, -0.25) is 14.4 Å². The van der Waals surface area contributed by atoms with Gasteiger partial charge in [-0.05, 0) is 57.4 Å². The first-order valence-corrected chi connectivity index (χ1v) is 12.0. The molecule has 0 spiro atoms. The maximum atomic E-state index is 12.6. The highest BCUT2D eigenvalue weighted by Gasteiger charge is 2.29. The summed E-state index contributed by atoms with van der Waals surface area (Å²) in [6.07, 6.45) is 1.88. The van der Waals surface area contributed by atoms with Crippen LogP contribution in [-0.2, 0) is 15.3 Å². The average Bonchev–Trinajstić information content (AvgIpc) is 3.53. The molecule has 9 heteroatoms. The summed E-state index contributed by atoms with van der Waals surface area (Å²) in [5, 5.41) is 6.07. The van der Waals surface area contributed by atoms with E-state index in [1.165, 1.54) is 23.1 Å². The van der Waals surface area contributed by atoms with Gasteiger partial charge >= 0.3 is 0 Å². The van der Waals surface area contributed by atoms with E-state index in [0.717, 1.165) is 28.1 Å². The van der Waals surface area contributed by atoms with Crippen LogP contribution in [0.4, 0.5) is 11.4 Å². The third-order valence-electron chi connectivity index (χ3n) is 5.27. The lowest BCUT2D eigenvalue weighted by Crippen LogP contribution is -2.23. The van der Waals surface area contributed by atoms with Gasteiger partial charge < -0.3 is 15.6 Å². The van der Waals surface area contributed by atoms with E-state index in [0.29, 0.717) is 28.3 Å². The van der Waals surface area contributed by atoms with E-state index in [1.54, 1.807) is 24.3 Å². The van der Waals surface area contributed by atoms with E-state index < -0.39 is 0 Å². The minimum absolute atomic E-state index is 0.0296. The van der Waals surface area contributed by atoms with Crippen LogP contribution in [0.2, 0.25) is 0 Å². The molecule has 4 rings (SSSR count). The van der Waals surface area contributed by atoms with Crippen molar-refractivity contribution in [2.45, 2.75) is 44.6 Å². The number of thioether (sulfide) groups is 1. The van der Waals surface area contributed by atoms with Crippen molar-refractivity contribution in [3.63, 3.8) is 0 Å². The Morgan fingerprint density at radius 1 is 1.26 bits per heavy atom. The van der Waals surface area contributed by atoms with E-state index >= 15 is 0 Å². The average molecular weight is 457 g/mol. The van der Waals surface area contributed by atoms with Gasteiger partial charge in [0.15, 0.2) is 0 Å². The lowest BCUT2D eigenvalue weighted by atomic mass is 10.2. The smallest absolute Gasteiger partial charge is 0.259 e. The largest absolute Gasteiger partial charge is 0.326 e. The van der Waals surface area contributed by atoms with Crippen LogP contribution >= 0.6 is 23.1 Å². The van der Waals surface area contributed by atoms with Gasteiger partial charge in [-0.2, -0.15) is 0 Å². The van der Waals surface area contributed by atoms with Gasteiger partial charge in [0, 0.05) is 22.2 Å². The number of nitrogens with zero attached hydrogens (tertiary/aromatic N) is 1. The van der Waals surface area contributed by atoms with Crippen LogP contribution in [0.15, 0.2) is 29.1 Å². The molecule has 1 saturated carbocycles. The monoisotopic (exact) mass is 456 g/mol. The zero-order chi connectivity index (χ0) is 22.1. The molecule has 2 aromatic heterocycles. The van der Waals surface area contributed by atoms with Crippen molar-refractivity contribution in [2.75, 3.05) is 10.6 Å². The van der Waals surface area contributed by atoms with Crippen LogP contribution in [0.3, 0.4) is 0 Å². The van der Waals surface area contributed by atoms with Crippen molar-refractivity contribution in [1.82, 2.24) is 9.97 Å². The number of H-pyrrole nitrogens is 1. The molecule has 1 aliphatic rings. The van der Waals surface area contributed by atoms with Gasteiger partial charge in [0.2, 0.25) is 11.8 Å². The zero-order valence-electron chi connectivity index (χ0n) is 17.6. The highest BCUT2D eigenvalue weighted by Crippen LogP contribution is 2.30. The first-order valence-electron chi connectivity index (χ1n) is 10.1. The third-order valence-corrected chi connectivity index (χ3v) is 7.53. The number of nitrogens with one attached hydrogen (secondary N) is 3. The molecule has 0 aliphatic heterocycles. The molecule has 1 aliphatic carbocycles. The Morgan fingerprint density at radius 3 is 2.68 bits per heavy atom. The summed E-state index contributed by atoms with van der Waals surface area (Å²) in [6.45, 7) is 5.72. The molecule has 1 atom stereocenters. The Labute approximate surface area is 188 Å². The highest BCUT2D eigenvalue weighted by molar-refractivity contribution is 7.99. The Morgan fingerprint density at radius 2 is 1.97 bits per heavy atom. The Kier molecular flexibility index (Phi) is 6.15. The molecule has 1 fully saturated rings. The molecule has 31 heavy (non-hydrogen) atoms. The van der Waals surface area contributed by atoms with Crippen LogP contribution < -0.4 is 16.2 Å². The number of benzene rings is 1. The Hall–Kier alpha value is -2.65. The maximum Gasteiger partial charge on any atom is 0.259 e. The number of aromatic amines is 1. The second kappa shape index (κ2) is 8.84. The topological polar surface area (TPSA) is 104 Å². The van der Waals surface area contributed by atoms with Crippen molar-refractivity contribution in [1.29, 1.82) is 0 Å². The number of carbonyl (C=O) groups is 2. The van der Waals surface area contributed by atoms with Crippen molar-refractivity contribution in [3.05, 3.63) is 50.9 Å². The molecule has 162 valence electrons. The molecule has 0 bridgehead atoms. The number of aryl methyl sites for hydroxylation is 2. The third kappa shape index (κ3) is 4.99. The molecule has 2 heterocycles. The van der Waals surface area contributed by atoms with E-state index in [-0.39, 0.29) is 28.5 Å². The summed E-state index contributed by atoms with van der Waals surface area (Å²) in [5.74, 6) is 0.987. The summed E-state index contributed by atoms with van der Waals surface area (Å²) in [5.41, 5.74) is 2.14. The molecule has 3 N–H and O–H groups in total. The van der Waals surface area contributed by atoms with Crippen molar-refractivity contribution >= 4 is 56.5 Å². The summed E-state index contributed by atoms with van der Waals surface area (Å²) in [7, 11) is 0. The number of rotatable bonds is 7. The Balaban J connectivity index is 1.36. The molecule has 0 saturated heterocycles. The number of fused-ring (bicyclic) bond motifs is 1.